The van der Waals surface area contributed by atoms with Crippen LogP contribution in [0.3, 0.4) is 0 Å². The van der Waals surface area contributed by atoms with Gasteiger partial charge in [0.15, 0.2) is 0 Å². The van der Waals surface area contributed by atoms with Gasteiger partial charge < -0.3 is 0 Å². The molecule has 2 rings (SSSR count). The SMILES string of the molecule is CC(C)[C@@]12CCCN1CC(=C(F)F)C2. The van der Waals surface area contributed by atoms with Crippen molar-refractivity contribution in [3.8, 4) is 0 Å². The Bertz CT molecular complexity index is 268. The molecule has 0 radical (unpaired) electrons. The van der Waals surface area contributed by atoms with Gasteiger partial charge in [0.25, 0.3) is 6.08 Å². The number of nitrogens with zero attached hydrogens (tertiary/aromatic N) is 1. The van der Waals surface area contributed by atoms with Gasteiger partial charge >= 0.3 is 0 Å². The van der Waals surface area contributed by atoms with Gasteiger partial charge in [0, 0.05) is 17.7 Å². The Labute approximate surface area is 83.8 Å². The number of hydrogen-bond acceptors (Lipinski definition) is 1. The maximum absolute atomic E-state index is 12.5. The van der Waals surface area contributed by atoms with Crippen LogP contribution in [0.5, 0.6) is 0 Å². The molecule has 3 heteroatoms. The zero-order valence-corrected chi connectivity index (χ0v) is 8.82. The minimum absolute atomic E-state index is 0.0543. The summed E-state index contributed by atoms with van der Waals surface area (Å²) in [4.78, 5) is 2.26. The Kier molecular flexibility index (Phi) is 2.38. The van der Waals surface area contributed by atoms with E-state index in [4.69, 9.17) is 0 Å². The van der Waals surface area contributed by atoms with Gasteiger partial charge in [-0.15, -0.1) is 0 Å². The van der Waals surface area contributed by atoms with Crippen LogP contribution in [0.4, 0.5) is 8.78 Å². The zero-order chi connectivity index (χ0) is 10.3. The molecule has 0 unspecified atom stereocenters. The average Bonchev–Trinajstić information content (AvgIpc) is 2.57. The lowest BCUT2D eigenvalue weighted by molar-refractivity contribution is 0.136. The highest BCUT2D eigenvalue weighted by atomic mass is 19.3. The third kappa shape index (κ3) is 1.29. The molecule has 1 nitrogen and oxygen atoms in total. The molecule has 0 N–H and O–H groups in total. The third-order valence-corrected chi connectivity index (χ3v) is 3.91. The fourth-order valence-corrected chi connectivity index (χ4v) is 3.03. The second kappa shape index (κ2) is 3.30. The molecule has 2 aliphatic heterocycles. The van der Waals surface area contributed by atoms with Crippen molar-refractivity contribution in [1.29, 1.82) is 0 Å². The third-order valence-electron chi connectivity index (χ3n) is 3.91. The molecule has 1 atom stereocenters. The van der Waals surface area contributed by atoms with Gasteiger partial charge in [-0.05, 0) is 31.7 Å². The molecule has 2 fully saturated rings. The van der Waals surface area contributed by atoms with Crippen molar-refractivity contribution in [2.75, 3.05) is 13.1 Å². The Balaban J connectivity index is 2.28. The van der Waals surface area contributed by atoms with Gasteiger partial charge in [-0.25, -0.2) is 0 Å². The van der Waals surface area contributed by atoms with Gasteiger partial charge in [-0.1, -0.05) is 13.8 Å². The zero-order valence-electron chi connectivity index (χ0n) is 8.82. The Hall–Kier alpha value is -0.440. The second-order valence-corrected chi connectivity index (χ2v) is 4.82. The summed E-state index contributed by atoms with van der Waals surface area (Å²) in [5.41, 5.74) is 0.428. The molecule has 80 valence electrons. The van der Waals surface area contributed by atoms with E-state index in [-0.39, 0.29) is 5.54 Å². The molecule has 14 heavy (non-hydrogen) atoms. The molecule has 0 bridgehead atoms. The van der Waals surface area contributed by atoms with Gasteiger partial charge in [0.05, 0.1) is 0 Å². The predicted molar refractivity (Wildman–Crippen MR) is 52.2 cm³/mol. The van der Waals surface area contributed by atoms with E-state index in [1.165, 1.54) is 6.42 Å². The lowest BCUT2D eigenvalue weighted by Crippen LogP contribution is -2.42. The Morgan fingerprint density at radius 2 is 2.14 bits per heavy atom. The summed E-state index contributed by atoms with van der Waals surface area (Å²) < 4.78 is 25.1. The largest absolute Gasteiger partial charge is 0.293 e. The lowest BCUT2D eigenvalue weighted by Gasteiger charge is -2.35. The molecule has 0 amide bonds. The van der Waals surface area contributed by atoms with Crippen molar-refractivity contribution in [3.63, 3.8) is 0 Å². The first-order chi connectivity index (χ1) is 6.56. The van der Waals surface area contributed by atoms with Gasteiger partial charge in [0.2, 0.25) is 0 Å². The first-order valence-electron chi connectivity index (χ1n) is 5.34. The number of rotatable bonds is 1. The molecular formula is C11H17F2N. The molecule has 0 saturated carbocycles. The van der Waals surface area contributed by atoms with Crippen molar-refractivity contribution in [2.24, 2.45) is 5.92 Å². The van der Waals surface area contributed by atoms with E-state index in [9.17, 15) is 8.78 Å². The van der Waals surface area contributed by atoms with Crippen LogP contribution in [0.25, 0.3) is 0 Å². The summed E-state index contributed by atoms with van der Waals surface area (Å²) in [6.45, 7) is 5.80. The highest BCUT2D eigenvalue weighted by molar-refractivity contribution is 5.21. The predicted octanol–water partition coefficient (Wildman–Crippen LogP) is 3.03. The van der Waals surface area contributed by atoms with Crippen molar-refractivity contribution in [3.05, 3.63) is 11.7 Å². The average molecular weight is 201 g/mol. The van der Waals surface area contributed by atoms with Crippen LogP contribution in [-0.4, -0.2) is 23.5 Å². The first-order valence-corrected chi connectivity index (χ1v) is 5.34. The normalized spacial score (nSPS) is 32.8. The van der Waals surface area contributed by atoms with Crippen LogP contribution in [0.1, 0.15) is 33.1 Å². The summed E-state index contributed by atoms with van der Waals surface area (Å²) in [6, 6.07) is 0. The van der Waals surface area contributed by atoms with Crippen LogP contribution < -0.4 is 0 Å². The first kappa shape index (κ1) is 10.1. The molecule has 2 aliphatic rings. The smallest absolute Gasteiger partial charge is 0.270 e. The molecular weight excluding hydrogens is 184 g/mol. The van der Waals surface area contributed by atoms with Crippen LogP contribution in [0.2, 0.25) is 0 Å². The molecule has 0 aromatic rings. The Morgan fingerprint density at radius 1 is 1.43 bits per heavy atom. The second-order valence-electron chi connectivity index (χ2n) is 4.82. The summed E-state index contributed by atoms with van der Waals surface area (Å²) >= 11 is 0. The van der Waals surface area contributed by atoms with Gasteiger partial charge in [-0.3, -0.25) is 4.90 Å². The fraction of sp³-hybridized carbons (Fsp3) is 0.818. The monoisotopic (exact) mass is 201 g/mol. The number of hydrogen-bond donors (Lipinski definition) is 0. The van der Waals surface area contributed by atoms with Crippen LogP contribution in [0, 0.1) is 5.92 Å². The van der Waals surface area contributed by atoms with Gasteiger partial charge in [-0.2, -0.15) is 8.78 Å². The minimum atomic E-state index is -1.44. The van der Waals surface area contributed by atoms with E-state index in [0.717, 1.165) is 13.0 Å². The van der Waals surface area contributed by atoms with Crippen molar-refractivity contribution in [1.82, 2.24) is 4.90 Å². The van der Waals surface area contributed by atoms with E-state index in [0.29, 0.717) is 24.5 Å². The topological polar surface area (TPSA) is 3.24 Å². The van der Waals surface area contributed by atoms with E-state index in [1.807, 2.05) is 0 Å². The molecule has 0 aliphatic carbocycles. The quantitative estimate of drug-likeness (QED) is 0.630. The number of fused-ring (bicyclic) bond motifs is 1. The molecule has 2 heterocycles. The maximum atomic E-state index is 12.5. The Morgan fingerprint density at radius 3 is 2.64 bits per heavy atom. The highest BCUT2D eigenvalue weighted by Crippen LogP contribution is 2.46. The van der Waals surface area contributed by atoms with Crippen molar-refractivity contribution in [2.45, 2.75) is 38.6 Å². The molecule has 0 aromatic carbocycles. The summed E-state index contributed by atoms with van der Waals surface area (Å²) in [5.74, 6) is 0.474. The van der Waals surface area contributed by atoms with E-state index < -0.39 is 6.08 Å². The van der Waals surface area contributed by atoms with Crippen LogP contribution in [0.15, 0.2) is 11.7 Å². The van der Waals surface area contributed by atoms with Crippen molar-refractivity contribution < 1.29 is 8.78 Å². The minimum Gasteiger partial charge on any atom is -0.293 e. The standard InChI is InChI=1S/C11H17F2N/c1-8(2)11-4-3-5-14(11)7-9(6-11)10(12)13/h8H,3-7H2,1-2H3/t11-/m0/s1. The molecule has 2 saturated heterocycles. The van der Waals surface area contributed by atoms with Crippen molar-refractivity contribution >= 4 is 0 Å². The molecule has 0 spiro atoms. The van der Waals surface area contributed by atoms with Crippen LogP contribution in [-0.2, 0) is 0 Å². The number of halogens is 2. The highest BCUT2D eigenvalue weighted by Gasteiger charge is 2.49. The summed E-state index contributed by atoms with van der Waals surface area (Å²) in [5, 5.41) is 0. The molecule has 0 aromatic heterocycles. The van der Waals surface area contributed by atoms with E-state index in [1.54, 1.807) is 0 Å². The van der Waals surface area contributed by atoms with Crippen LogP contribution >= 0.6 is 0 Å². The maximum Gasteiger partial charge on any atom is 0.270 e. The fourth-order valence-electron chi connectivity index (χ4n) is 3.03. The lowest BCUT2D eigenvalue weighted by atomic mass is 9.82. The van der Waals surface area contributed by atoms with Gasteiger partial charge in [0.1, 0.15) is 0 Å². The van der Waals surface area contributed by atoms with E-state index >= 15 is 0 Å². The summed E-state index contributed by atoms with van der Waals surface area (Å²) in [6.07, 6.45) is 1.40. The summed E-state index contributed by atoms with van der Waals surface area (Å²) in [7, 11) is 0. The van der Waals surface area contributed by atoms with E-state index in [2.05, 4.69) is 18.7 Å².